The maximum Gasteiger partial charge on any atom is 0.319 e. The zero-order valence-electron chi connectivity index (χ0n) is 19.8. The highest BCUT2D eigenvalue weighted by Gasteiger charge is 2.11. The summed E-state index contributed by atoms with van der Waals surface area (Å²) in [6.45, 7) is 5.56. The van der Waals surface area contributed by atoms with Crippen molar-refractivity contribution in [2.45, 2.75) is 46.2 Å². The van der Waals surface area contributed by atoms with E-state index in [4.69, 9.17) is 14.6 Å². The number of hydrogen-bond donors (Lipinski definition) is 3. The van der Waals surface area contributed by atoms with Gasteiger partial charge in [-0.3, -0.25) is 4.79 Å². The number of benzene rings is 1. The van der Waals surface area contributed by atoms with Crippen LogP contribution in [0.2, 0.25) is 0 Å². The van der Waals surface area contributed by atoms with E-state index in [2.05, 4.69) is 29.5 Å². The first-order valence-corrected chi connectivity index (χ1v) is 11.4. The topological polar surface area (TPSA) is 115 Å². The van der Waals surface area contributed by atoms with Crippen LogP contribution in [-0.4, -0.2) is 40.4 Å². The van der Waals surface area contributed by atoms with Crippen LogP contribution in [0.5, 0.6) is 11.5 Å². The number of rotatable bonds is 12. The molecule has 2 heterocycles. The number of carboxylic acids is 1. The lowest BCUT2D eigenvalue weighted by molar-refractivity contribution is -0.137. The third-order valence-corrected chi connectivity index (χ3v) is 5.36. The Morgan fingerprint density at radius 3 is 2.74 bits per heavy atom. The molecular formula is C25H32N4O5. The van der Waals surface area contributed by atoms with Crippen molar-refractivity contribution in [2.75, 3.05) is 19.0 Å². The summed E-state index contributed by atoms with van der Waals surface area (Å²) in [5.41, 5.74) is 2.17. The summed E-state index contributed by atoms with van der Waals surface area (Å²) in [6.07, 6.45) is 5.50. The van der Waals surface area contributed by atoms with Crippen molar-refractivity contribution in [1.29, 1.82) is 0 Å². The monoisotopic (exact) mass is 468 g/mol. The van der Waals surface area contributed by atoms with E-state index < -0.39 is 5.97 Å². The fraction of sp³-hybridized carbons (Fsp3) is 0.400. The molecule has 34 heavy (non-hydrogen) atoms. The van der Waals surface area contributed by atoms with Crippen LogP contribution in [-0.2, 0) is 17.9 Å². The average molecular weight is 469 g/mol. The summed E-state index contributed by atoms with van der Waals surface area (Å²) in [4.78, 5) is 27.8. The lowest BCUT2D eigenvalue weighted by Crippen LogP contribution is -2.28. The molecule has 0 saturated carbocycles. The summed E-state index contributed by atoms with van der Waals surface area (Å²) in [7, 11) is 1.58. The van der Waals surface area contributed by atoms with Gasteiger partial charge in [-0.2, -0.15) is 0 Å². The fourth-order valence-electron chi connectivity index (χ4n) is 3.59. The molecule has 1 aromatic carbocycles. The highest BCUT2D eigenvalue weighted by molar-refractivity contribution is 5.90. The van der Waals surface area contributed by atoms with Crippen molar-refractivity contribution in [3.8, 4) is 11.5 Å². The number of aliphatic carboxylic acids is 1. The van der Waals surface area contributed by atoms with E-state index in [1.54, 1.807) is 36.1 Å². The molecule has 0 aliphatic rings. The number of aryl methyl sites for hydroxylation is 1. The third-order valence-electron chi connectivity index (χ3n) is 5.36. The lowest BCUT2D eigenvalue weighted by atomic mass is 10.1. The van der Waals surface area contributed by atoms with Crippen molar-refractivity contribution in [1.82, 2.24) is 14.9 Å². The number of fused-ring (bicyclic) bond motifs is 1. The molecule has 182 valence electrons. The van der Waals surface area contributed by atoms with Crippen molar-refractivity contribution >= 4 is 28.7 Å². The van der Waals surface area contributed by atoms with E-state index in [0.29, 0.717) is 48.4 Å². The van der Waals surface area contributed by atoms with Gasteiger partial charge in [-0.05, 0) is 48.6 Å². The number of aromatic nitrogens is 2. The van der Waals surface area contributed by atoms with Gasteiger partial charge in [0, 0.05) is 42.6 Å². The maximum absolute atomic E-state index is 12.5. The molecule has 0 saturated heterocycles. The Bertz CT molecular complexity index is 1130. The molecule has 0 aliphatic carbocycles. The summed E-state index contributed by atoms with van der Waals surface area (Å²) in [5, 5.41) is 15.5. The first-order valence-electron chi connectivity index (χ1n) is 11.4. The predicted molar refractivity (Wildman–Crippen MR) is 130 cm³/mol. The zero-order valence-corrected chi connectivity index (χ0v) is 19.8. The van der Waals surface area contributed by atoms with Crippen LogP contribution in [0.4, 0.5) is 10.5 Å². The number of carbonyl (C=O) groups is 2. The first kappa shape index (κ1) is 24.9. The Balaban J connectivity index is 1.60. The van der Waals surface area contributed by atoms with Gasteiger partial charge in [-0.1, -0.05) is 13.8 Å². The Morgan fingerprint density at radius 2 is 2.00 bits per heavy atom. The molecule has 9 nitrogen and oxygen atoms in total. The van der Waals surface area contributed by atoms with Crippen LogP contribution in [0.3, 0.4) is 0 Å². The lowest BCUT2D eigenvalue weighted by Gasteiger charge is -2.14. The third kappa shape index (κ3) is 6.87. The molecule has 0 fully saturated rings. The van der Waals surface area contributed by atoms with Gasteiger partial charge in [0.25, 0.3) is 0 Å². The molecule has 0 spiro atoms. The van der Waals surface area contributed by atoms with Gasteiger partial charge in [0.2, 0.25) is 0 Å². The second kappa shape index (κ2) is 11.9. The van der Waals surface area contributed by atoms with Gasteiger partial charge in [-0.25, -0.2) is 9.78 Å². The van der Waals surface area contributed by atoms with Gasteiger partial charge >= 0.3 is 12.0 Å². The highest BCUT2D eigenvalue weighted by atomic mass is 16.5. The minimum absolute atomic E-state index is 0.0155. The quantitative estimate of drug-likeness (QED) is 0.333. The fourth-order valence-corrected chi connectivity index (χ4v) is 3.59. The van der Waals surface area contributed by atoms with Crippen LogP contribution in [0, 0.1) is 5.92 Å². The number of nitrogens with zero attached hydrogens (tertiary/aromatic N) is 2. The number of amides is 2. The molecule has 3 N–H and O–H groups in total. The van der Waals surface area contributed by atoms with E-state index in [0.717, 1.165) is 23.8 Å². The summed E-state index contributed by atoms with van der Waals surface area (Å²) in [6, 6.07) is 8.63. The Kier molecular flexibility index (Phi) is 8.73. The van der Waals surface area contributed by atoms with Gasteiger partial charge < -0.3 is 29.8 Å². The molecule has 0 atom stereocenters. The number of anilines is 1. The Hall–Kier alpha value is -3.75. The highest BCUT2D eigenvalue weighted by Crippen LogP contribution is 2.30. The van der Waals surface area contributed by atoms with Crippen LogP contribution in [0.1, 0.15) is 38.7 Å². The molecule has 0 radical (unpaired) electrons. The molecule has 0 unspecified atom stereocenters. The van der Waals surface area contributed by atoms with Crippen LogP contribution in [0.25, 0.3) is 11.0 Å². The number of hydrogen-bond acceptors (Lipinski definition) is 5. The largest absolute Gasteiger partial charge is 0.493 e. The normalized spacial score (nSPS) is 10.9. The molecule has 0 aliphatic heterocycles. The molecule has 3 rings (SSSR count). The number of carbonyl (C=O) groups excluding carboxylic acids is 1. The second-order valence-corrected chi connectivity index (χ2v) is 8.42. The predicted octanol–water partition coefficient (Wildman–Crippen LogP) is 4.66. The molecule has 2 aromatic heterocycles. The number of nitrogens with one attached hydrogen (secondary N) is 2. The molecule has 2 amide bonds. The molecule has 0 bridgehead atoms. The number of urea groups is 1. The van der Waals surface area contributed by atoms with E-state index in [-0.39, 0.29) is 12.5 Å². The van der Waals surface area contributed by atoms with E-state index in [1.165, 1.54) is 0 Å². The standard InChI is InChI=1S/C25H32N4O5/c1-17(2)5-4-14-34-22-15-19(6-7-21(22)33-3)28-25(32)27-16-18-8-11-26-24-20(18)9-12-29(24)13-10-23(30)31/h6-9,11-12,15,17H,4-5,10,13-14,16H2,1-3H3,(H,30,31)(H2,27,28,32). The minimum Gasteiger partial charge on any atom is -0.493 e. The molecular weight excluding hydrogens is 436 g/mol. The smallest absolute Gasteiger partial charge is 0.319 e. The van der Waals surface area contributed by atoms with Gasteiger partial charge in [0.05, 0.1) is 20.1 Å². The Labute approximate surface area is 199 Å². The average Bonchev–Trinajstić information content (AvgIpc) is 3.23. The van der Waals surface area contributed by atoms with Crippen LogP contribution in [0.15, 0.2) is 42.7 Å². The first-order chi connectivity index (χ1) is 16.4. The van der Waals surface area contributed by atoms with Crippen LogP contribution >= 0.6 is 0 Å². The number of methoxy groups -OCH3 is 1. The maximum atomic E-state index is 12.5. The summed E-state index contributed by atoms with van der Waals surface area (Å²) in [5.74, 6) is 0.954. The Morgan fingerprint density at radius 1 is 1.18 bits per heavy atom. The van der Waals surface area contributed by atoms with E-state index >= 15 is 0 Å². The minimum atomic E-state index is -0.862. The van der Waals surface area contributed by atoms with Gasteiger partial charge in [-0.15, -0.1) is 0 Å². The molecule has 9 heteroatoms. The van der Waals surface area contributed by atoms with Gasteiger partial charge in [0.1, 0.15) is 5.65 Å². The van der Waals surface area contributed by atoms with Gasteiger partial charge in [0.15, 0.2) is 11.5 Å². The number of ether oxygens (including phenoxy) is 2. The van der Waals surface area contributed by atoms with Crippen molar-refractivity contribution in [3.63, 3.8) is 0 Å². The zero-order chi connectivity index (χ0) is 24.5. The number of pyridine rings is 1. The van der Waals surface area contributed by atoms with Crippen molar-refractivity contribution < 1.29 is 24.2 Å². The van der Waals surface area contributed by atoms with E-state index in [9.17, 15) is 9.59 Å². The van der Waals surface area contributed by atoms with Crippen molar-refractivity contribution in [2.24, 2.45) is 5.92 Å². The van der Waals surface area contributed by atoms with E-state index in [1.807, 2.05) is 18.3 Å². The second-order valence-electron chi connectivity index (χ2n) is 8.42. The SMILES string of the molecule is COc1ccc(NC(=O)NCc2ccnc3c2ccn3CCC(=O)O)cc1OCCCC(C)C. The van der Waals surface area contributed by atoms with Crippen LogP contribution < -0.4 is 20.1 Å². The summed E-state index contributed by atoms with van der Waals surface area (Å²) < 4.78 is 13.0. The molecule has 3 aromatic rings. The number of carboxylic acid groups (broad SMARTS) is 1. The van der Waals surface area contributed by atoms with Crippen molar-refractivity contribution in [3.05, 3.63) is 48.3 Å². The summed E-state index contributed by atoms with van der Waals surface area (Å²) >= 11 is 0.